The van der Waals surface area contributed by atoms with Gasteiger partial charge in [-0.2, -0.15) is 0 Å². The second-order valence-corrected chi connectivity index (χ2v) is 3.71. The summed E-state index contributed by atoms with van der Waals surface area (Å²) in [7, 11) is 0. The Morgan fingerprint density at radius 2 is 2.11 bits per heavy atom. The summed E-state index contributed by atoms with van der Waals surface area (Å²) in [6, 6.07) is 0. The predicted molar refractivity (Wildman–Crippen MR) is 43.5 cm³/mol. The lowest BCUT2D eigenvalue weighted by atomic mass is 10.4. The van der Waals surface area contributed by atoms with E-state index in [2.05, 4.69) is 5.92 Å². The summed E-state index contributed by atoms with van der Waals surface area (Å²) < 4.78 is 0. The Morgan fingerprint density at radius 3 is 2.67 bits per heavy atom. The molecular weight excluding hydrogens is 128 g/mol. The van der Waals surface area contributed by atoms with E-state index in [-0.39, 0.29) is 0 Å². The van der Waals surface area contributed by atoms with E-state index in [4.69, 9.17) is 6.42 Å². The van der Waals surface area contributed by atoms with E-state index in [1.165, 1.54) is 25.7 Å². The number of hydrogen-bond donors (Lipinski definition) is 0. The molecule has 0 saturated heterocycles. The normalized spacial score (nSPS) is 19.9. The Kier molecular flexibility index (Phi) is 3.00. The molecule has 1 rings (SSSR count). The van der Waals surface area contributed by atoms with Crippen LogP contribution < -0.4 is 0 Å². The lowest BCUT2D eigenvalue weighted by Crippen LogP contribution is -1.93. The Morgan fingerprint density at radius 1 is 1.44 bits per heavy atom. The molecule has 0 aromatic carbocycles. The van der Waals surface area contributed by atoms with E-state index >= 15 is 0 Å². The number of terminal acetylenes is 1. The van der Waals surface area contributed by atoms with Gasteiger partial charge in [0.15, 0.2) is 0 Å². The van der Waals surface area contributed by atoms with Crippen LogP contribution in [0.2, 0.25) is 0 Å². The van der Waals surface area contributed by atoms with Crippen molar-refractivity contribution in [2.75, 3.05) is 5.75 Å². The maximum absolute atomic E-state index is 5.14. The average molecular weight is 140 g/mol. The van der Waals surface area contributed by atoms with Gasteiger partial charge < -0.3 is 0 Å². The largest absolute Gasteiger partial charge is 0.145 e. The summed E-state index contributed by atoms with van der Waals surface area (Å²) >= 11 is 1.95. The molecular formula is C8H12S. The molecule has 1 fully saturated rings. The maximum Gasteiger partial charge on any atom is 0.0547 e. The third kappa shape index (κ3) is 2.32. The molecule has 0 nitrogen and oxygen atoms in total. The first-order valence-corrected chi connectivity index (χ1v) is 4.53. The van der Waals surface area contributed by atoms with E-state index in [9.17, 15) is 0 Å². The Labute approximate surface area is 61.4 Å². The Bertz CT molecular complexity index is 106. The Hall–Kier alpha value is -0.0900. The second kappa shape index (κ2) is 3.85. The van der Waals surface area contributed by atoms with Gasteiger partial charge in [0.05, 0.1) is 5.75 Å². The van der Waals surface area contributed by atoms with Crippen LogP contribution in [0.4, 0.5) is 0 Å². The minimum absolute atomic E-state index is 0.890. The number of hydrogen-bond acceptors (Lipinski definition) is 1. The van der Waals surface area contributed by atoms with E-state index in [0.717, 1.165) is 11.0 Å². The van der Waals surface area contributed by atoms with Crippen molar-refractivity contribution in [2.45, 2.75) is 30.9 Å². The van der Waals surface area contributed by atoms with Gasteiger partial charge in [-0.1, -0.05) is 18.8 Å². The van der Waals surface area contributed by atoms with Crippen LogP contribution in [0.3, 0.4) is 0 Å². The zero-order valence-corrected chi connectivity index (χ0v) is 6.41. The van der Waals surface area contributed by atoms with Gasteiger partial charge in [-0.15, -0.1) is 18.2 Å². The molecule has 0 unspecified atom stereocenters. The van der Waals surface area contributed by atoms with Crippen LogP contribution in [0, 0.1) is 12.3 Å². The monoisotopic (exact) mass is 140 g/mol. The highest BCUT2D eigenvalue weighted by atomic mass is 32.2. The van der Waals surface area contributed by atoms with Crippen molar-refractivity contribution < 1.29 is 0 Å². The smallest absolute Gasteiger partial charge is 0.0547 e. The SMILES string of the molecule is C#CCSC1CCCC1. The summed E-state index contributed by atoms with van der Waals surface area (Å²) in [6.07, 6.45) is 10.8. The highest BCUT2D eigenvalue weighted by Crippen LogP contribution is 2.28. The van der Waals surface area contributed by atoms with Gasteiger partial charge in [0.1, 0.15) is 0 Å². The molecule has 0 radical (unpaired) electrons. The zero-order chi connectivity index (χ0) is 6.53. The first kappa shape index (κ1) is 7.02. The third-order valence-corrected chi connectivity index (χ3v) is 2.98. The fraction of sp³-hybridized carbons (Fsp3) is 0.750. The van der Waals surface area contributed by atoms with Crippen molar-refractivity contribution in [2.24, 2.45) is 0 Å². The molecule has 0 heterocycles. The van der Waals surface area contributed by atoms with Crippen LogP contribution in [0.5, 0.6) is 0 Å². The third-order valence-electron chi connectivity index (χ3n) is 1.70. The summed E-state index contributed by atoms with van der Waals surface area (Å²) in [4.78, 5) is 0. The quantitative estimate of drug-likeness (QED) is 0.530. The molecule has 0 amide bonds. The highest BCUT2D eigenvalue weighted by Gasteiger charge is 2.13. The summed E-state index contributed by atoms with van der Waals surface area (Å²) in [5, 5.41) is 0.890. The molecule has 0 atom stereocenters. The topological polar surface area (TPSA) is 0 Å². The van der Waals surface area contributed by atoms with Gasteiger partial charge in [0.25, 0.3) is 0 Å². The summed E-state index contributed by atoms with van der Waals surface area (Å²) in [6.45, 7) is 0. The van der Waals surface area contributed by atoms with Gasteiger partial charge in [0.2, 0.25) is 0 Å². The van der Waals surface area contributed by atoms with Gasteiger partial charge in [0, 0.05) is 5.25 Å². The van der Waals surface area contributed by atoms with Crippen molar-refractivity contribution >= 4 is 11.8 Å². The van der Waals surface area contributed by atoms with Crippen molar-refractivity contribution in [1.82, 2.24) is 0 Å². The van der Waals surface area contributed by atoms with Crippen LogP contribution in [-0.4, -0.2) is 11.0 Å². The molecule has 1 aliphatic carbocycles. The molecule has 1 heteroatoms. The van der Waals surface area contributed by atoms with Crippen molar-refractivity contribution in [1.29, 1.82) is 0 Å². The van der Waals surface area contributed by atoms with Gasteiger partial charge in [-0.3, -0.25) is 0 Å². The van der Waals surface area contributed by atoms with Gasteiger partial charge in [-0.25, -0.2) is 0 Å². The molecule has 0 N–H and O–H groups in total. The van der Waals surface area contributed by atoms with Crippen molar-refractivity contribution in [3.8, 4) is 12.3 Å². The minimum atomic E-state index is 0.890. The molecule has 1 aliphatic rings. The van der Waals surface area contributed by atoms with Crippen molar-refractivity contribution in [3.63, 3.8) is 0 Å². The van der Waals surface area contributed by atoms with E-state index in [0.29, 0.717) is 0 Å². The first-order chi connectivity index (χ1) is 4.43. The van der Waals surface area contributed by atoms with E-state index in [1.807, 2.05) is 11.8 Å². The van der Waals surface area contributed by atoms with Crippen LogP contribution in [-0.2, 0) is 0 Å². The molecule has 50 valence electrons. The molecule has 1 saturated carbocycles. The fourth-order valence-electron chi connectivity index (χ4n) is 1.22. The van der Waals surface area contributed by atoms with Crippen LogP contribution in [0.25, 0.3) is 0 Å². The lowest BCUT2D eigenvalue weighted by molar-refractivity contribution is 0.886. The average Bonchev–Trinajstić information content (AvgIpc) is 2.34. The molecule has 0 bridgehead atoms. The van der Waals surface area contributed by atoms with Gasteiger partial charge >= 0.3 is 0 Å². The summed E-state index contributed by atoms with van der Waals surface area (Å²) in [5.41, 5.74) is 0. The molecule has 0 spiro atoms. The van der Waals surface area contributed by atoms with Crippen LogP contribution >= 0.6 is 11.8 Å². The van der Waals surface area contributed by atoms with Crippen LogP contribution in [0.15, 0.2) is 0 Å². The minimum Gasteiger partial charge on any atom is -0.145 e. The fourth-order valence-corrected chi connectivity index (χ4v) is 2.22. The predicted octanol–water partition coefficient (Wildman–Crippen LogP) is 2.30. The molecule has 0 aromatic heterocycles. The lowest BCUT2D eigenvalue weighted by Gasteiger charge is -2.03. The summed E-state index contributed by atoms with van der Waals surface area (Å²) in [5.74, 6) is 3.56. The van der Waals surface area contributed by atoms with Crippen LogP contribution in [0.1, 0.15) is 25.7 Å². The van der Waals surface area contributed by atoms with Gasteiger partial charge in [-0.05, 0) is 12.8 Å². The Balaban J connectivity index is 2.06. The van der Waals surface area contributed by atoms with E-state index in [1.54, 1.807) is 0 Å². The number of thioether (sulfide) groups is 1. The maximum atomic E-state index is 5.14. The standard InChI is InChI=1S/C8H12S/c1-2-7-9-8-5-3-4-6-8/h1,8H,3-7H2. The molecule has 0 aliphatic heterocycles. The highest BCUT2D eigenvalue weighted by molar-refractivity contribution is 8.00. The first-order valence-electron chi connectivity index (χ1n) is 3.48. The van der Waals surface area contributed by atoms with Crippen molar-refractivity contribution in [3.05, 3.63) is 0 Å². The zero-order valence-electron chi connectivity index (χ0n) is 5.60. The molecule has 9 heavy (non-hydrogen) atoms. The number of rotatable bonds is 2. The van der Waals surface area contributed by atoms with E-state index < -0.39 is 0 Å². The molecule has 0 aromatic rings. The second-order valence-electron chi connectivity index (χ2n) is 2.42.